The first-order valence-electron chi connectivity index (χ1n) is 8.56. The Bertz CT molecular complexity index is 1080. The molecule has 1 aliphatic heterocycles. The van der Waals surface area contributed by atoms with Crippen LogP contribution in [0.3, 0.4) is 0 Å². The summed E-state index contributed by atoms with van der Waals surface area (Å²) in [5.74, 6) is -0.794. The van der Waals surface area contributed by atoms with Gasteiger partial charge in [-0.1, -0.05) is 41.9 Å². The maximum absolute atomic E-state index is 12.9. The zero-order valence-corrected chi connectivity index (χ0v) is 15.6. The van der Waals surface area contributed by atoms with Gasteiger partial charge in [0.1, 0.15) is 17.9 Å². The van der Waals surface area contributed by atoms with Crippen molar-refractivity contribution < 1.29 is 18.8 Å². The Hall–Kier alpha value is -3.32. The van der Waals surface area contributed by atoms with Gasteiger partial charge in [0.25, 0.3) is 5.91 Å². The van der Waals surface area contributed by atoms with E-state index in [1.54, 1.807) is 43.3 Å². The van der Waals surface area contributed by atoms with Crippen LogP contribution >= 0.6 is 11.6 Å². The average Bonchev–Trinajstić information content (AvgIpc) is 3.20. The second-order valence-corrected chi connectivity index (χ2v) is 7.03. The van der Waals surface area contributed by atoms with Crippen molar-refractivity contribution in [2.45, 2.75) is 12.5 Å². The molecule has 0 saturated carbocycles. The fourth-order valence-corrected chi connectivity index (χ4v) is 3.31. The van der Waals surface area contributed by atoms with Gasteiger partial charge in [-0.3, -0.25) is 14.5 Å². The van der Waals surface area contributed by atoms with Crippen LogP contribution in [-0.2, 0) is 15.1 Å². The molecule has 0 spiro atoms. The molecule has 1 aromatic heterocycles. The lowest BCUT2D eigenvalue weighted by atomic mass is 9.99. The first-order chi connectivity index (χ1) is 13.4. The molecule has 2 heterocycles. The van der Waals surface area contributed by atoms with Crippen LogP contribution in [0.2, 0.25) is 5.02 Å². The number of fused-ring (bicyclic) bond motifs is 1. The van der Waals surface area contributed by atoms with E-state index in [0.717, 1.165) is 10.3 Å². The molecule has 3 aromatic rings. The number of nitrogens with one attached hydrogen (secondary N) is 2. The summed E-state index contributed by atoms with van der Waals surface area (Å²) >= 11 is 6.02. The first kappa shape index (κ1) is 18.1. The highest BCUT2D eigenvalue weighted by molar-refractivity contribution is 6.33. The minimum absolute atomic E-state index is 0.307. The number of rotatable bonds is 4. The van der Waals surface area contributed by atoms with Gasteiger partial charge in [0, 0.05) is 5.39 Å². The number of hydrogen-bond acceptors (Lipinski definition) is 4. The number of benzene rings is 2. The molecule has 7 nitrogen and oxygen atoms in total. The maximum Gasteiger partial charge on any atom is 0.325 e. The Balaban J connectivity index is 1.55. The summed E-state index contributed by atoms with van der Waals surface area (Å²) in [5, 5.41) is 6.40. The fraction of sp³-hybridized carbons (Fsp3) is 0.150. The second kappa shape index (κ2) is 6.69. The van der Waals surface area contributed by atoms with Crippen molar-refractivity contribution in [1.29, 1.82) is 0 Å². The maximum atomic E-state index is 12.9. The normalized spacial score (nSPS) is 19.1. The van der Waals surface area contributed by atoms with Gasteiger partial charge in [-0.05, 0) is 31.2 Å². The van der Waals surface area contributed by atoms with E-state index >= 15 is 0 Å². The van der Waals surface area contributed by atoms with E-state index in [2.05, 4.69) is 10.6 Å². The molecular weight excluding hydrogens is 382 g/mol. The van der Waals surface area contributed by atoms with E-state index in [9.17, 15) is 14.4 Å². The summed E-state index contributed by atoms with van der Waals surface area (Å²) < 4.78 is 5.76. The smallest absolute Gasteiger partial charge is 0.325 e. The molecule has 142 valence electrons. The van der Waals surface area contributed by atoms with Crippen LogP contribution in [0.5, 0.6) is 0 Å². The van der Waals surface area contributed by atoms with Gasteiger partial charge < -0.3 is 15.1 Å². The molecule has 1 aliphatic rings. The Labute approximate surface area is 165 Å². The van der Waals surface area contributed by atoms with E-state index in [4.69, 9.17) is 16.0 Å². The SMILES string of the molecule is CC1(c2cc3ccccc3o2)NC(=O)N(CC(=O)Nc2ccccc2Cl)C1=O. The minimum Gasteiger partial charge on any atom is -0.458 e. The van der Waals surface area contributed by atoms with Crippen molar-refractivity contribution in [2.24, 2.45) is 0 Å². The molecule has 8 heteroatoms. The molecule has 28 heavy (non-hydrogen) atoms. The fourth-order valence-electron chi connectivity index (χ4n) is 3.13. The van der Waals surface area contributed by atoms with E-state index in [-0.39, 0.29) is 0 Å². The number of hydrogen-bond donors (Lipinski definition) is 2. The highest BCUT2D eigenvalue weighted by atomic mass is 35.5. The number of halogens is 1. The van der Waals surface area contributed by atoms with Crippen molar-refractivity contribution in [3.05, 3.63) is 65.4 Å². The quantitative estimate of drug-likeness (QED) is 0.659. The molecule has 0 aliphatic carbocycles. The van der Waals surface area contributed by atoms with Gasteiger partial charge >= 0.3 is 6.03 Å². The number of urea groups is 1. The van der Waals surface area contributed by atoms with Crippen LogP contribution in [0, 0.1) is 0 Å². The van der Waals surface area contributed by atoms with Gasteiger partial charge in [0.05, 0.1) is 10.7 Å². The third kappa shape index (κ3) is 2.99. The molecule has 0 bridgehead atoms. The molecule has 2 aromatic carbocycles. The predicted molar refractivity (Wildman–Crippen MR) is 104 cm³/mol. The third-order valence-corrected chi connectivity index (χ3v) is 4.97. The van der Waals surface area contributed by atoms with Crippen LogP contribution in [0.15, 0.2) is 59.0 Å². The zero-order chi connectivity index (χ0) is 19.9. The first-order valence-corrected chi connectivity index (χ1v) is 8.94. The molecule has 0 radical (unpaired) electrons. The third-order valence-electron chi connectivity index (χ3n) is 4.64. The van der Waals surface area contributed by atoms with Crippen LogP contribution in [0.1, 0.15) is 12.7 Å². The van der Waals surface area contributed by atoms with Crippen LogP contribution in [0.4, 0.5) is 10.5 Å². The lowest BCUT2D eigenvalue weighted by Crippen LogP contribution is -2.41. The highest BCUT2D eigenvalue weighted by Gasteiger charge is 2.51. The van der Waals surface area contributed by atoms with Crippen LogP contribution in [0.25, 0.3) is 11.0 Å². The molecule has 4 rings (SSSR count). The highest BCUT2D eigenvalue weighted by Crippen LogP contribution is 2.33. The van der Waals surface area contributed by atoms with Crippen molar-refractivity contribution in [3.63, 3.8) is 0 Å². The number of carbonyl (C=O) groups excluding carboxylic acids is 3. The van der Waals surface area contributed by atoms with Crippen LogP contribution in [-0.4, -0.2) is 29.3 Å². The number of nitrogens with zero attached hydrogens (tertiary/aromatic N) is 1. The van der Waals surface area contributed by atoms with Gasteiger partial charge in [0.2, 0.25) is 5.91 Å². The van der Waals surface area contributed by atoms with Gasteiger partial charge in [-0.2, -0.15) is 0 Å². The average molecular weight is 398 g/mol. The molecule has 2 N–H and O–H groups in total. The summed E-state index contributed by atoms with van der Waals surface area (Å²) in [6.07, 6.45) is 0. The largest absolute Gasteiger partial charge is 0.458 e. The Morgan fingerprint density at radius 2 is 1.89 bits per heavy atom. The van der Waals surface area contributed by atoms with Gasteiger partial charge in [-0.25, -0.2) is 4.79 Å². The minimum atomic E-state index is -1.39. The van der Waals surface area contributed by atoms with Crippen LogP contribution < -0.4 is 10.6 Å². The topological polar surface area (TPSA) is 91.7 Å². The van der Waals surface area contributed by atoms with E-state index in [1.165, 1.54) is 0 Å². The predicted octanol–water partition coefficient (Wildman–Crippen LogP) is 3.49. The molecule has 4 amide bonds. The number of furan rings is 1. The molecular formula is C20H16ClN3O4. The summed E-state index contributed by atoms with van der Waals surface area (Å²) in [7, 11) is 0. The molecule has 1 unspecified atom stereocenters. The van der Waals surface area contributed by atoms with E-state index in [0.29, 0.717) is 22.1 Å². The lowest BCUT2D eigenvalue weighted by Gasteiger charge is -2.19. The zero-order valence-electron chi connectivity index (χ0n) is 14.9. The molecule has 1 saturated heterocycles. The van der Waals surface area contributed by atoms with Crippen molar-refractivity contribution in [3.8, 4) is 0 Å². The summed E-state index contributed by atoms with van der Waals surface area (Å²) in [4.78, 5) is 38.5. The number of carbonyl (C=O) groups is 3. The lowest BCUT2D eigenvalue weighted by molar-refractivity contribution is -0.134. The number of imide groups is 1. The Morgan fingerprint density at radius 3 is 2.64 bits per heavy atom. The molecule has 1 atom stereocenters. The Kier molecular flexibility index (Phi) is 4.31. The number of amides is 4. The monoisotopic (exact) mass is 397 g/mol. The Morgan fingerprint density at radius 1 is 1.18 bits per heavy atom. The number of para-hydroxylation sites is 2. The standard InChI is InChI=1S/C20H16ClN3O4/c1-20(16-10-12-6-2-5-9-15(12)28-16)18(26)24(19(27)23-20)11-17(25)22-14-8-4-3-7-13(14)21/h2-10H,11H2,1H3,(H,22,25)(H,23,27). The van der Waals surface area contributed by atoms with Crippen molar-refractivity contribution in [2.75, 3.05) is 11.9 Å². The second-order valence-electron chi connectivity index (χ2n) is 6.62. The number of anilines is 1. The summed E-state index contributed by atoms with van der Waals surface area (Å²) in [6.45, 7) is 1.11. The van der Waals surface area contributed by atoms with Gasteiger partial charge in [-0.15, -0.1) is 0 Å². The van der Waals surface area contributed by atoms with Crippen molar-refractivity contribution >= 4 is 46.1 Å². The van der Waals surface area contributed by atoms with Gasteiger partial charge in [0.15, 0.2) is 5.54 Å². The summed E-state index contributed by atoms with van der Waals surface area (Å²) in [6, 6.07) is 15.0. The van der Waals surface area contributed by atoms with Crippen molar-refractivity contribution in [1.82, 2.24) is 10.2 Å². The van der Waals surface area contributed by atoms with E-state index < -0.39 is 29.9 Å². The summed E-state index contributed by atoms with van der Waals surface area (Å²) in [5.41, 5.74) is -0.377. The van der Waals surface area contributed by atoms with E-state index in [1.807, 2.05) is 18.2 Å². The molecule has 1 fully saturated rings.